The summed E-state index contributed by atoms with van der Waals surface area (Å²) in [4.78, 5) is 0. The highest BCUT2D eigenvalue weighted by Gasteiger charge is 2.04. The summed E-state index contributed by atoms with van der Waals surface area (Å²) in [5, 5.41) is 11.7. The molecule has 1 heterocycles. The lowest BCUT2D eigenvalue weighted by atomic mass is 10.2. The van der Waals surface area contributed by atoms with Crippen LogP contribution in [-0.2, 0) is 11.3 Å². The van der Waals surface area contributed by atoms with Gasteiger partial charge in [0.1, 0.15) is 17.3 Å². The molecule has 4 nitrogen and oxygen atoms in total. The van der Waals surface area contributed by atoms with E-state index < -0.39 is 0 Å². The summed E-state index contributed by atoms with van der Waals surface area (Å²) in [5.41, 5.74) is 0.851. The van der Waals surface area contributed by atoms with Crippen LogP contribution in [0.5, 0.6) is 0 Å². The Hall–Kier alpha value is -1.40. The number of rotatable bonds is 8. The van der Waals surface area contributed by atoms with E-state index in [-0.39, 0.29) is 24.8 Å². The van der Waals surface area contributed by atoms with Gasteiger partial charge in [0.25, 0.3) is 0 Å². The van der Waals surface area contributed by atoms with Crippen molar-refractivity contribution < 1.29 is 18.7 Å². The van der Waals surface area contributed by atoms with E-state index in [0.29, 0.717) is 26.3 Å². The van der Waals surface area contributed by atoms with Crippen LogP contribution >= 0.6 is 12.4 Å². The minimum Gasteiger partial charge on any atom is -0.460 e. The summed E-state index contributed by atoms with van der Waals surface area (Å²) in [6.45, 7) is 2.23. The Morgan fingerprint density at radius 1 is 1.10 bits per heavy atom. The number of halogens is 2. The molecule has 2 aromatic rings. The van der Waals surface area contributed by atoms with Crippen LogP contribution in [0.4, 0.5) is 4.39 Å². The first-order valence-electron chi connectivity index (χ1n) is 6.53. The van der Waals surface area contributed by atoms with Gasteiger partial charge in [0.2, 0.25) is 0 Å². The molecular formula is C15H19ClFNO3. The summed E-state index contributed by atoms with van der Waals surface area (Å²) < 4.78 is 23.6. The average molecular weight is 316 g/mol. The highest BCUT2D eigenvalue weighted by Crippen LogP contribution is 2.22. The van der Waals surface area contributed by atoms with Gasteiger partial charge in [0, 0.05) is 12.1 Å². The molecule has 0 amide bonds. The minimum atomic E-state index is -0.259. The lowest BCUT2D eigenvalue weighted by Crippen LogP contribution is -2.19. The highest BCUT2D eigenvalue weighted by atomic mass is 35.5. The van der Waals surface area contributed by atoms with Gasteiger partial charge in [-0.05, 0) is 36.4 Å². The molecule has 0 unspecified atom stereocenters. The minimum absolute atomic E-state index is 0. The maximum atomic E-state index is 12.8. The second kappa shape index (κ2) is 9.52. The summed E-state index contributed by atoms with van der Waals surface area (Å²) in [6, 6.07) is 9.96. The van der Waals surface area contributed by atoms with Crippen LogP contribution in [0.3, 0.4) is 0 Å². The van der Waals surface area contributed by atoms with Crippen molar-refractivity contribution in [2.45, 2.75) is 6.54 Å². The number of benzene rings is 1. The number of nitrogens with one attached hydrogen (secondary N) is 1. The van der Waals surface area contributed by atoms with Crippen molar-refractivity contribution in [3.63, 3.8) is 0 Å². The zero-order valence-electron chi connectivity index (χ0n) is 11.5. The molecule has 0 fully saturated rings. The van der Waals surface area contributed by atoms with Crippen LogP contribution in [-0.4, -0.2) is 31.5 Å². The zero-order valence-corrected chi connectivity index (χ0v) is 12.4. The van der Waals surface area contributed by atoms with Crippen molar-refractivity contribution in [1.29, 1.82) is 0 Å². The van der Waals surface area contributed by atoms with Crippen LogP contribution in [0.15, 0.2) is 40.8 Å². The molecule has 0 saturated carbocycles. The summed E-state index contributed by atoms with van der Waals surface area (Å²) in [7, 11) is 0. The molecule has 21 heavy (non-hydrogen) atoms. The Morgan fingerprint density at radius 3 is 2.57 bits per heavy atom. The molecular weight excluding hydrogens is 297 g/mol. The lowest BCUT2D eigenvalue weighted by Gasteiger charge is -2.03. The molecule has 6 heteroatoms. The Kier molecular flexibility index (Phi) is 8.00. The fourth-order valence-corrected chi connectivity index (χ4v) is 1.76. The normalized spacial score (nSPS) is 10.4. The van der Waals surface area contributed by atoms with Crippen molar-refractivity contribution in [2.24, 2.45) is 0 Å². The van der Waals surface area contributed by atoms with E-state index in [1.54, 1.807) is 12.1 Å². The second-order valence-corrected chi connectivity index (χ2v) is 4.29. The van der Waals surface area contributed by atoms with E-state index in [2.05, 4.69) is 5.32 Å². The summed E-state index contributed by atoms with van der Waals surface area (Å²) in [6.07, 6.45) is 0. The Balaban J connectivity index is 0.00000220. The van der Waals surface area contributed by atoms with Gasteiger partial charge in [-0.15, -0.1) is 12.4 Å². The Labute approximate surface area is 129 Å². The van der Waals surface area contributed by atoms with Crippen LogP contribution in [0.1, 0.15) is 5.76 Å². The number of hydrogen-bond acceptors (Lipinski definition) is 4. The second-order valence-electron chi connectivity index (χ2n) is 4.29. The zero-order chi connectivity index (χ0) is 14.2. The molecule has 0 saturated heterocycles. The van der Waals surface area contributed by atoms with Crippen molar-refractivity contribution >= 4 is 12.4 Å². The molecule has 1 aromatic heterocycles. The molecule has 0 radical (unpaired) electrons. The SMILES string of the molecule is Cl.OCCOCCNCc1ccc(-c2ccc(F)cc2)o1. The number of aliphatic hydroxyl groups is 1. The first-order valence-corrected chi connectivity index (χ1v) is 6.53. The largest absolute Gasteiger partial charge is 0.460 e. The van der Waals surface area contributed by atoms with Gasteiger partial charge < -0.3 is 19.6 Å². The predicted octanol–water partition coefficient (Wildman–Crippen LogP) is 2.61. The van der Waals surface area contributed by atoms with Gasteiger partial charge in [-0.3, -0.25) is 0 Å². The fourth-order valence-electron chi connectivity index (χ4n) is 1.76. The summed E-state index contributed by atoms with van der Waals surface area (Å²) in [5.74, 6) is 1.27. The van der Waals surface area contributed by atoms with Crippen molar-refractivity contribution in [2.75, 3.05) is 26.4 Å². The van der Waals surface area contributed by atoms with Gasteiger partial charge in [-0.25, -0.2) is 4.39 Å². The van der Waals surface area contributed by atoms with Crippen LogP contribution in [0, 0.1) is 5.82 Å². The Morgan fingerprint density at radius 2 is 1.86 bits per heavy atom. The first-order chi connectivity index (χ1) is 9.79. The van der Waals surface area contributed by atoms with E-state index in [1.807, 2.05) is 12.1 Å². The van der Waals surface area contributed by atoms with Crippen molar-refractivity contribution in [3.05, 3.63) is 48.0 Å². The highest BCUT2D eigenvalue weighted by molar-refractivity contribution is 5.85. The molecule has 0 aliphatic rings. The van der Waals surface area contributed by atoms with Crippen LogP contribution in [0.2, 0.25) is 0 Å². The van der Waals surface area contributed by atoms with E-state index >= 15 is 0 Å². The van der Waals surface area contributed by atoms with Gasteiger partial charge in [0.15, 0.2) is 0 Å². The molecule has 0 aliphatic carbocycles. The summed E-state index contributed by atoms with van der Waals surface area (Å²) >= 11 is 0. The van der Waals surface area contributed by atoms with Gasteiger partial charge in [-0.2, -0.15) is 0 Å². The maximum Gasteiger partial charge on any atom is 0.134 e. The fraction of sp³-hybridized carbons (Fsp3) is 0.333. The average Bonchev–Trinajstić information content (AvgIpc) is 2.92. The van der Waals surface area contributed by atoms with Gasteiger partial charge in [-0.1, -0.05) is 0 Å². The molecule has 0 bridgehead atoms. The molecule has 2 N–H and O–H groups in total. The van der Waals surface area contributed by atoms with Crippen LogP contribution < -0.4 is 5.32 Å². The topological polar surface area (TPSA) is 54.6 Å². The smallest absolute Gasteiger partial charge is 0.134 e. The molecule has 0 aliphatic heterocycles. The van der Waals surface area contributed by atoms with Gasteiger partial charge in [0.05, 0.1) is 26.4 Å². The third kappa shape index (κ3) is 5.85. The van der Waals surface area contributed by atoms with Gasteiger partial charge >= 0.3 is 0 Å². The van der Waals surface area contributed by atoms with E-state index in [9.17, 15) is 4.39 Å². The number of furan rings is 1. The maximum absolute atomic E-state index is 12.8. The molecule has 116 valence electrons. The Bertz CT molecular complexity index is 516. The first kappa shape index (κ1) is 17.7. The third-order valence-corrected chi connectivity index (χ3v) is 2.75. The van der Waals surface area contributed by atoms with E-state index in [1.165, 1.54) is 12.1 Å². The molecule has 1 aromatic carbocycles. The molecule has 2 rings (SSSR count). The predicted molar refractivity (Wildman–Crippen MR) is 81.0 cm³/mol. The van der Waals surface area contributed by atoms with Crippen molar-refractivity contribution in [3.8, 4) is 11.3 Å². The van der Waals surface area contributed by atoms with Crippen molar-refractivity contribution in [1.82, 2.24) is 5.32 Å². The van der Waals surface area contributed by atoms with E-state index in [4.69, 9.17) is 14.3 Å². The number of hydrogen-bond donors (Lipinski definition) is 2. The monoisotopic (exact) mass is 315 g/mol. The van der Waals surface area contributed by atoms with Crippen LogP contribution in [0.25, 0.3) is 11.3 Å². The quantitative estimate of drug-likeness (QED) is 0.735. The molecule has 0 spiro atoms. The standard InChI is InChI=1S/C15H18FNO3.ClH/c16-13-3-1-12(2-4-13)15-6-5-14(20-15)11-17-7-9-19-10-8-18;/h1-6,17-18H,7-11H2;1H. The van der Waals surface area contributed by atoms with E-state index in [0.717, 1.165) is 17.1 Å². The molecule has 0 atom stereocenters. The number of aliphatic hydroxyl groups excluding tert-OH is 1. The number of ether oxygens (including phenoxy) is 1. The lowest BCUT2D eigenvalue weighted by molar-refractivity contribution is 0.0936. The third-order valence-electron chi connectivity index (χ3n) is 2.75.